The van der Waals surface area contributed by atoms with Gasteiger partial charge >= 0.3 is 6.61 Å². The van der Waals surface area contributed by atoms with Crippen molar-refractivity contribution in [2.24, 2.45) is 0 Å². The van der Waals surface area contributed by atoms with Gasteiger partial charge < -0.3 is 10.1 Å². The fourth-order valence-electron chi connectivity index (χ4n) is 2.41. The van der Waals surface area contributed by atoms with Gasteiger partial charge in [-0.1, -0.05) is 36.0 Å². The zero-order valence-corrected chi connectivity index (χ0v) is 15.5. The Morgan fingerprint density at radius 2 is 1.70 bits per heavy atom. The molecular formula is C19H17F2N3O2S. The average molecular weight is 389 g/mol. The van der Waals surface area contributed by atoms with Crippen molar-refractivity contribution in [2.75, 3.05) is 5.32 Å². The topological polar surface area (TPSA) is 64.1 Å². The molecule has 0 saturated carbocycles. The SMILES string of the molecule is Cc1nc2ccccc2nc1SC(C)C(=O)Nc1ccccc1OC(F)F. The highest BCUT2D eigenvalue weighted by Crippen LogP contribution is 2.29. The fraction of sp³-hybridized carbons (Fsp3) is 0.211. The number of nitrogens with zero attached hydrogens (tertiary/aromatic N) is 2. The third-order valence-corrected chi connectivity index (χ3v) is 4.90. The largest absolute Gasteiger partial charge is 0.433 e. The number of hydrogen-bond acceptors (Lipinski definition) is 5. The Morgan fingerprint density at radius 1 is 1.07 bits per heavy atom. The minimum Gasteiger partial charge on any atom is -0.433 e. The number of halogens is 2. The second-order valence-corrected chi connectivity index (χ2v) is 7.06. The van der Waals surface area contributed by atoms with Crippen LogP contribution in [0, 0.1) is 6.92 Å². The summed E-state index contributed by atoms with van der Waals surface area (Å²) in [6.07, 6.45) is 0. The lowest BCUT2D eigenvalue weighted by molar-refractivity contribution is -0.115. The van der Waals surface area contributed by atoms with E-state index in [9.17, 15) is 13.6 Å². The van der Waals surface area contributed by atoms with E-state index in [1.165, 1.54) is 23.9 Å². The van der Waals surface area contributed by atoms with Crippen molar-refractivity contribution in [3.63, 3.8) is 0 Å². The number of para-hydroxylation sites is 4. The van der Waals surface area contributed by atoms with Crippen molar-refractivity contribution in [3.8, 4) is 5.75 Å². The predicted octanol–water partition coefficient (Wildman–Crippen LogP) is 4.66. The number of anilines is 1. The van der Waals surface area contributed by atoms with Crippen molar-refractivity contribution in [3.05, 3.63) is 54.2 Å². The molecule has 0 aliphatic carbocycles. The number of thioether (sulfide) groups is 1. The maximum Gasteiger partial charge on any atom is 0.387 e. The van der Waals surface area contributed by atoms with E-state index in [2.05, 4.69) is 20.0 Å². The zero-order valence-electron chi connectivity index (χ0n) is 14.6. The number of nitrogens with one attached hydrogen (secondary N) is 1. The van der Waals surface area contributed by atoms with E-state index in [1.54, 1.807) is 19.1 Å². The summed E-state index contributed by atoms with van der Waals surface area (Å²) in [5.74, 6) is -0.431. The van der Waals surface area contributed by atoms with Gasteiger partial charge in [0.2, 0.25) is 5.91 Å². The van der Waals surface area contributed by atoms with Crippen LogP contribution in [0.15, 0.2) is 53.6 Å². The lowest BCUT2D eigenvalue weighted by Crippen LogP contribution is -2.23. The molecule has 0 aliphatic heterocycles. The minimum atomic E-state index is -2.97. The molecular weight excluding hydrogens is 372 g/mol. The number of carbonyl (C=O) groups excluding carboxylic acids is 1. The van der Waals surface area contributed by atoms with Gasteiger partial charge in [-0.2, -0.15) is 8.78 Å². The van der Waals surface area contributed by atoms with Gasteiger partial charge in [-0.15, -0.1) is 0 Å². The maximum atomic E-state index is 12.5. The third-order valence-electron chi connectivity index (χ3n) is 3.72. The van der Waals surface area contributed by atoms with Crippen LogP contribution in [0.2, 0.25) is 0 Å². The molecule has 27 heavy (non-hydrogen) atoms. The van der Waals surface area contributed by atoms with Crippen LogP contribution in [0.4, 0.5) is 14.5 Å². The van der Waals surface area contributed by atoms with E-state index in [4.69, 9.17) is 0 Å². The monoisotopic (exact) mass is 389 g/mol. The Hall–Kier alpha value is -2.74. The van der Waals surface area contributed by atoms with Gasteiger partial charge in [-0.05, 0) is 38.1 Å². The number of ether oxygens (including phenoxy) is 1. The van der Waals surface area contributed by atoms with Crippen LogP contribution in [0.5, 0.6) is 5.75 Å². The average Bonchev–Trinajstić information content (AvgIpc) is 2.63. The van der Waals surface area contributed by atoms with Gasteiger partial charge in [-0.25, -0.2) is 9.97 Å². The zero-order chi connectivity index (χ0) is 19.4. The van der Waals surface area contributed by atoms with Crippen molar-refractivity contribution in [2.45, 2.75) is 30.7 Å². The van der Waals surface area contributed by atoms with Gasteiger partial charge in [0.15, 0.2) is 0 Å². The normalized spacial score (nSPS) is 12.2. The summed E-state index contributed by atoms with van der Waals surface area (Å²) in [5, 5.41) is 2.76. The molecule has 2 aromatic carbocycles. The van der Waals surface area contributed by atoms with Crippen LogP contribution < -0.4 is 10.1 Å². The third kappa shape index (κ3) is 4.71. The highest BCUT2D eigenvalue weighted by molar-refractivity contribution is 8.00. The molecule has 0 saturated heterocycles. The standard InChI is InChI=1S/C19H17F2N3O2S/c1-11-18(24-14-8-4-3-7-13(14)22-11)27-12(2)17(25)23-15-9-5-6-10-16(15)26-19(20)21/h3-10,12,19H,1-2H3,(H,23,25). The highest BCUT2D eigenvalue weighted by Gasteiger charge is 2.19. The molecule has 0 fully saturated rings. The number of aryl methyl sites for hydroxylation is 1. The van der Waals surface area contributed by atoms with Crippen molar-refractivity contribution >= 4 is 34.4 Å². The van der Waals surface area contributed by atoms with Gasteiger partial charge in [0, 0.05) is 0 Å². The van der Waals surface area contributed by atoms with E-state index in [0.29, 0.717) is 5.03 Å². The summed E-state index contributed by atoms with van der Waals surface area (Å²) < 4.78 is 29.4. The molecule has 0 aliphatic rings. The lowest BCUT2D eigenvalue weighted by Gasteiger charge is -2.15. The molecule has 1 heterocycles. The number of amides is 1. The van der Waals surface area contributed by atoms with E-state index >= 15 is 0 Å². The Labute approximate surface area is 159 Å². The molecule has 0 radical (unpaired) electrons. The number of benzene rings is 2. The molecule has 1 amide bonds. The maximum absolute atomic E-state index is 12.5. The van der Waals surface area contributed by atoms with Crippen molar-refractivity contribution in [1.29, 1.82) is 0 Å². The number of alkyl halides is 2. The molecule has 3 rings (SSSR count). The number of carbonyl (C=O) groups is 1. The molecule has 1 atom stereocenters. The highest BCUT2D eigenvalue weighted by atomic mass is 32.2. The van der Waals surface area contributed by atoms with E-state index in [1.807, 2.05) is 31.2 Å². The first kappa shape index (κ1) is 19.0. The number of hydrogen-bond donors (Lipinski definition) is 1. The number of rotatable bonds is 6. The molecule has 3 aromatic rings. The van der Waals surface area contributed by atoms with Crippen molar-refractivity contribution in [1.82, 2.24) is 9.97 Å². The first-order valence-electron chi connectivity index (χ1n) is 8.19. The van der Waals surface area contributed by atoms with Crippen molar-refractivity contribution < 1.29 is 18.3 Å². The van der Waals surface area contributed by atoms with Crippen LogP contribution in [-0.2, 0) is 4.79 Å². The summed E-state index contributed by atoms with van der Waals surface area (Å²) in [4.78, 5) is 21.6. The summed E-state index contributed by atoms with van der Waals surface area (Å²) in [6.45, 7) is 0.579. The first-order chi connectivity index (χ1) is 12.9. The summed E-state index contributed by atoms with van der Waals surface area (Å²) >= 11 is 1.26. The van der Waals surface area contributed by atoms with Gasteiger partial charge in [0.25, 0.3) is 0 Å². The molecule has 0 bridgehead atoms. The molecule has 140 valence electrons. The van der Waals surface area contributed by atoms with Gasteiger partial charge in [0.05, 0.1) is 27.7 Å². The van der Waals surface area contributed by atoms with Crippen LogP contribution in [0.25, 0.3) is 11.0 Å². The van der Waals surface area contributed by atoms with E-state index < -0.39 is 11.9 Å². The summed E-state index contributed by atoms with van der Waals surface area (Å²) in [5.41, 5.74) is 2.44. The molecule has 0 spiro atoms. The molecule has 1 unspecified atom stereocenters. The van der Waals surface area contributed by atoms with Crippen LogP contribution in [0.1, 0.15) is 12.6 Å². The van der Waals surface area contributed by atoms with Crippen LogP contribution in [-0.4, -0.2) is 27.7 Å². The number of aromatic nitrogens is 2. The Kier molecular flexibility index (Phi) is 5.85. The molecule has 1 N–H and O–H groups in total. The Morgan fingerprint density at radius 3 is 2.41 bits per heavy atom. The molecule has 8 heteroatoms. The first-order valence-corrected chi connectivity index (χ1v) is 9.07. The van der Waals surface area contributed by atoms with Crippen LogP contribution in [0.3, 0.4) is 0 Å². The second-order valence-electron chi connectivity index (χ2n) is 5.73. The smallest absolute Gasteiger partial charge is 0.387 e. The summed E-state index contributed by atoms with van der Waals surface area (Å²) in [7, 11) is 0. The quantitative estimate of drug-likeness (QED) is 0.621. The van der Waals surface area contributed by atoms with E-state index in [-0.39, 0.29) is 17.3 Å². The number of fused-ring (bicyclic) bond motifs is 1. The van der Waals surface area contributed by atoms with Gasteiger partial charge in [0.1, 0.15) is 10.8 Å². The molecule has 1 aromatic heterocycles. The Bertz CT molecular complexity index is 969. The van der Waals surface area contributed by atoms with Crippen LogP contribution >= 0.6 is 11.8 Å². The second kappa shape index (κ2) is 8.30. The van der Waals surface area contributed by atoms with E-state index in [0.717, 1.165) is 16.7 Å². The lowest BCUT2D eigenvalue weighted by atomic mass is 10.3. The predicted molar refractivity (Wildman–Crippen MR) is 101 cm³/mol. The molecule has 5 nitrogen and oxygen atoms in total. The summed E-state index contributed by atoms with van der Waals surface area (Å²) in [6, 6.07) is 13.6. The Balaban J connectivity index is 1.74. The van der Waals surface area contributed by atoms with Gasteiger partial charge in [-0.3, -0.25) is 4.79 Å². The fourth-order valence-corrected chi connectivity index (χ4v) is 3.28. The minimum absolute atomic E-state index is 0.0836.